The Balaban J connectivity index is 2.00. The first-order valence-electron chi connectivity index (χ1n) is 5.32. The quantitative estimate of drug-likeness (QED) is 0.460. The molecule has 3 aliphatic rings. The van der Waals surface area contributed by atoms with Gasteiger partial charge in [0.2, 0.25) is 11.8 Å². The SMILES string of the molecule is CC(C)N1C(=O)C2C3C=CC(O3)C2C1=O. The van der Waals surface area contributed by atoms with Crippen LogP contribution in [0.15, 0.2) is 12.2 Å². The monoisotopic (exact) mass is 207 g/mol. The number of likely N-dealkylation sites (tertiary alicyclic amines) is 1. The van der Waals surface area contributed by atoms with Crippen molar-refractivity contribution in [3.05, 3.63) is 12.2 Å². The number of amides is 2. The molecule has 4 atom stereocenters. The second-order valence-corrected chi connectivity index (χ2v) is 4.64. The molecule has 0 aromatic heterocycles. The molecular formula is C11H13NO3. The molecule has 0 aromatic carbocycles. The summed E-state index contributed by atoms with van der Waals surface area (Å²) in [4.78, 5) is 25.4. The molecule has 4 unspecified atom stereocenters. The lowest BCUT2D eigenvalue weighted by atomic mass is 9.85. The standard InChI is InChI=1S/C11H13NO3/c1-5(2)12-10(13)8-6-3-4-7(15-6)9(8)11(12)14/h3-9H,1-2H3. The minimum Gasteiger partial charge on any atom is -0.365 e. The summed E-state index contributed by atoms with van der Waals surface area (Å²) in [5.41, 5.74) is 0. The molecule has 3 aliphatic heterocycles. The number of ether oxygens (including phenoxy) is 1. The maximum absolute atomic E-state index is 12.0. The Labute approximate surface area is 87.9 Å². The predicted octanol–water partition coefficient (Wildman–Crippen LogP) is 0.333. The highest BCUT2D eigenvalue weighted by molar-refractivity contribution is 6.07. The van der Waals surface area contributed by atoms with Gasteiger partial charge in [-0.25, -0.2) is 0 Å². The molecule has 0 N–H and O–H groups in total. The highest BCUT2D eigenvalue weighted by Gasteiger charge is 2.60. The summed E-state index contributed by atoms with van der Waals surface area (Å²) in [6.45, 7) is 3.74. The molecule has 0 saturated carbocycles. The third-order valence-electron chi connectivity index (χ3n) is 3.46. The van der Waals surface area contributed by atoms with Crippen LogP contribution in [0.2, 0.25) is 0 Å². The summed E-state index contributed by atoms with van der Waals surface area (Å²) < 4.78 is 5.53. The predicted molar refractivity (Wildman–Crippen MR) is 51.8 cm³/mol. The molecule has 0 radical (unpaired) electrons. The topological polar surface area (TPSA) is 46.6 Å². The van der Waals surface area contributed by atoms with Crippen LogP contribution in [0.4, 0.5) is 0 Å². The fourth-order valence-corrected chi connectivity index (χ4v) is 2.84. The Morgan fingerprint density at radius 1 is 1.13 bits per heavy atom. The number of rotatable bonds is 1. The van der Waals surface area contributed by atoms with Gasteiger partial charge in [0.1, 0.15) is 0 Å². The van der Waals surface area contributed by atoms with Crippen molar-refractivity contribution in [1.29, 1.82) is 0 Å². The van der Waals surface area contributed by atoms with Crippen molar-refractivity contribution in [3.8, 4) is 0 Å². The van der Waals surface area contributed by atoms with Crippen molar-refractivity contribution < 1.29 is 14.3 Å². The van der Waals surface area contributed by atoms with Gasteiger partial charge in [0, 0.05) is 6.04 Å². The molecule has 4 heteroatoms. The van der Waals surface area contributed by atoms with Gasteiger partial charge in [0.25, 0.3) is 0 Å². The fourth-order valence-electron chi connectivity index (χ4n) is 2.84. The van der Waals surface area contributed by atoms with E-state index in [4.69, 9.17) is 4.74 Å². The Hall–Kier alpha value is -1.16. The average Bonchev–Trinajstić information content (AvgIpc) is 2.79. The fraction of sp³-hybridized carbons (Fsp3) is 0.636. The van der Waals surface area contributed by atoms with Crippen molar-refractivity contribution >= 4 is 11.8 Å². The van der Waals surface area contributed by atoms with E-state index in [1.807, 2.05) is 26.0 Å². The van der Waals surface area contributed by atoms with Crippen LogP contribution in [0.25, 0.3) is 0 Å². The maximum Gasteiger partial charge on any atom is 0.236 e. The summed E-state index contributed by atoms with van der Waals surface area (Å²) in [6.07, 6.45) is 3.47. The number of imide groups is 1. The zero-order chi connectivity index (χ0) is 10.7. The van der Waals surface area contributed by atoms with Crippen molar-refractivity contribution in [2.24, 2.45) is 11.8 Å². The molecular weight excluding hydrogens is 194 g/mol. The van der Waals surface area contributed by atoms with Crippen molar-refractivity contribution in [1.82, 2.24) is 4.90 Å². The van der Waals surface area contributed by atoms with Crippen LogP contribution in [0.3, 0.4) is 0 Å². The lowest BCUT2D eigenvalue weighted by Crippen LogP contribution is -2.39. The Bertz CT molecular complexity index is 344. The summed E-state index contributed by atoms with van der Waals surface area (Å²) in [5, 5.41) is 0. The maximum atomic E-state index is 12.0. The van der Waals surface area contributed by atoms with Gasteiger partial charge in [0.15, 0.2) is 0 Å². The average molecular weight is 207 g/mol. The van der Waals surface area contributed by atoms with Crippen molar-refractivity contribution in [3.63, 3.8) is 0 Å². The van der Waals surface area contributed by atoms with Crippen molar-refractivity contribution in [2.45, 2.75) is 32.1 Å². The molecule has 3 heterocycles. The highest BCUT2D eigenvalue weighted by Crippen LogP contribution is 2.45. The molecule has 2 amide bonds. The van der Waals surface area contributed by atoms with Crippen LogP contribution in [0.1, 0.15) is 13.8 Å². The van der Waals surface area contributed by atoms with Gasteiger partial charge < -0.3 is 4.74 Å². The van der Waals surface area contributed by atoms with Crippen molar-refractivity contribution in [2.75, 3.05) is 0 Å². The normalized spacial score (nSPS) is 42.2. The van der Waals surface area contributed by atoms with Gasteiger partial charge in [-0.15, -0.1) is 0 Å². The van der Waals surface area contributed by atoms with Gasteiger partial charge in [-0.1, -0.05) is 12.2 Å². The Kier molecular flexibility index (Phi) is 1.63. The molecule has 2 saturated heterocycles. The van der Waals surface area contributed by atoms with E-state index in [0.717, 1.165) is 0 Å². The summed E-state index contributed by atoms with van der Waals surface area (Å²) >= 11 is 0. The Morgan fingerprint density at radius 2 is 1.60 bits per heavy atom. The first-order valence-corrected chi connectivity index (χ1v) is 5.32. The van der Waals surface area contributed by atoms with Gasteiger partial charge in [0.05, 0.1) is 24.0 Å². The summed E-state index contributed by atoms with van der Waals surface area (Å²) in [7, 11) is 0. The van der Waals surface area contributed by atoms with E-state index in [9.17, 15) is 9.59 Å². The van der Waals surface area contributed by atoms with Crippen LogP contribution in [0.5, 0.6) is 0 Å². The third kappa shape index (κ3) is 0.951. The minimum absolute atomic E-state index is 0.0463. The lowest BCUT2D eigenvalue weighted by Gasteiger charge is -2.21. The van der Waals surface area contributed by atoms with E-state index in [2.05, 4.69) is 0 Å². The number of hydrogen-bond acceptors (Lipinski definition) is 3. The molecule has 4 nitrogen and oxygen atoms in total. The number of fused-ring (bicyclic) bond motifs is 5. The van der Waals surface area contributed by atoms with Crippen LogP contribution in [0, 0.1) is 11.8 Å². The van der Waals surface area contributed by atoms with E-state index >= 15 is 0 Å². The highest BCUT2D eigenvalue weighted by atomic mass is 16.5. The largest absolute Gasteiger partial charge is 0.365 e. The summed E-state index contributed by atoms with van der Waals surface area (Å²) in [5.74, 6) is -0.626. The van der Waals surface area contributed by atoms with E-state index in [1.54, 1.807) is 0 Å². The van der Waals surface area contributed by atoms with Gasteiger partial charge in [-0.2, -0.15) is 0 Å². The second kappa shape index (κ2) is 2.70. The van der Waals surface area contributed by atoms with E-state index in [-0.39, 0.29) is 41.9 Å². The van der Waals surface area contributed by atoms with Crippen LogP contribution in [-0.2, 0) is 14.3 Å². The second-order valence-electron chi connectivity index (χ2n) is 4.64. The zero-order valence-corrected chi connectivity index (χ0v) is 8.71. The number of hydrogen-bond donors (Lipinski definition) is 0. The first-order chi connectivity index (χ1) is 7.11. The number of nitrogens with zero attached hydrogens (tertiary/aromatic N) is 1. The lowest BCUT2D eigenvalue weighted by molar-refractivity contribution is -0.144. The Morgan fingerprint density at radius 3 is 2.00 bits per heavy atom. The van der Waals surface area contributed by atoms with Crippen LogP contribution in [-0.4, -0.2) is 35.0 Å². The van der Waals surface area contributed by atoms with Crippen LogP contribution >= 0.6 is 0 Å². The zero-order valence-electron chi connectivity index (χ0n) is 8.71. The molecule has 0 aromatic rings. The molecule has 0 spiro atoms. The van der Waals surface area contributed by atoms with Gasteiger partial charge >= 0.3 is 0 Å². The molecule has 80 valence electrons. The van der Waals surface area contributed by atoms with Crippen LogP contribution < -0.4 is 0 Å². The van der Waals surface area contributed by atoms with E-state index in [1.165, 1.54) is 4.90 Å². The first kappa shape index (κ1) is 9.09. The minimum atomic E-state index is -0.255. The van der Waals surface area contributed by atoms with E-state index < -0.39 is 0 Å². The summed E-state index contributed by atoms with van der Waals surface area (Å²) in [6, 6.07) is -0.0463. The molecule has 2 bridgehead atoms. The molecule has 3 rings (SSSR count). The molecule has 15 heavy (non-hydrogen) atoms. The molecule has 2 fully saturated rings. The number of carbonyl (C=O) groups is 2. The third-order valence-corrected chi connectivity index (χ3v) is 3.46. The van der Waals surface area contributed by atoms with Gasteiger partial charge in [-0.3, -0.25) is 14.5 Å². The van der Waals surface area contributed by atoms with Gasteiger partial charge in [-0.05, 0) is 13.8 Å². The molecule has 0 aliphatic carbocycles. The smallest absolute Gasteiger partial charge is 0.236 e. The number of carbonyl (C=O) groups excluding carboxylic acids is 2. The van der Waals surface area contributed by atoms with E-state index in [0.29, 0.717) is 0 Å².